The van der Waals surface area contributed by atoms with E-state index in [0.29, 0.717) is 24.2 Å². The second-order valence-electron chi connectivity index (χ2n) is 7.26. The fourth-order valence-corrected chi connectivity index (χ4v) is 3.08. The SMILES string of the molecule is CC(C)N(Cc1ccccc1)C(=O)c1ccc(C(=O)NCc2ccccc2)cc1. The van der Waals surface area contributed by atoms with Gasteiger partial charge in [0.25, 0.3) is 11.8 Å². The number of nitrogens with one attached hydrogen (secondary N) is 1. The molecule has 1 N–H and O–H groups in total. The van der Waals surface area contributed by atoms with Gasteiger partial charge in [-0.3, -0.25) is 9.59 Å². The summed E-state index contributed by atoms with van der Waals surface area (Å²) in [7, 11) is 0. The van der Waals surface area contributed by atoms with E-state index in [4.69, 9.17) is 0 Å². The minimum atomic E-state index is -0.155. The van der Waals surface area contributed by atoms with Gasteiger partial charge in [0.05, 0.1) is 0 Å². The van der Waals surface area contributed by atoms with Crippen LogP contribution in [0.3, 0.4) is 0 Å². The number of hydrogen-bond acceptors (Lipinski definition) is 2. The molecule has 0 aliphatic heterocycles. The fraction of sp³-hybridized carbons (Fsp3) is 0.200. The van der Waals surface area contributed by atoms with Crippen molar-refractivity contribution in [2.45, 2.75) is 33.0 Å². The lowest BCUT2D eigenvalue weighted by Gasteiger charge is -2.27. The Balaban J connectivity index is 1.66. The first kappa shape index (κ1) is 20.3. The molecule has 0 saturated carbocycles. The number of carbonyl (C=O) groups is 2. The molecular formula is C25H26N2O2. The normalized spacial score (nSPS) is 10.6. The van der Waals surface area contributed by atoms with Crippen molar-refractivity contribution in [2.75, 3.05) is 0 Å². The third-order valence-corrected chi connectivity index (χ3v) is 4.77. The van der Waals surface area contributed by atoms with Gasteiger partial charge in [0, 0.05) is 30.3 Å². The molecule has 0 saturated heterocycles. The van der Waals surface area contributed by atoms with Gasteiger partial charge in [0.15, 0.2) is 0 Å². The van der Waals surface area contributed by atoms with Crippen LogP contribution in [0, 0.1) is 0 Å². The molecule has 148 valence electrons. The van der Waals surface area contributed by atoms with Crippen LogP contribution in [0.5, 0.6) is 0 Å². The van der Waals surface area contributed by atoms with Crippen LogP contribution in [0.2, 0.25) is 0 Å². The summed E-state index contributed by atoms with van der Waals surface area (Å²) in [5, 5.41) is 2.90. The van der Waals surface area contributed by atoms with Gasteiger partial charge in [-0.25, -0.2) is 0 Å². The molecule has 3 aromatic rings. The third-order valence-electron chi connectivity index (χ3n) is 4.77. The topological polar surface area (TPSA) is 49.4 Å². The molecule has 29 heavy (non-hydrogen) atoms. The van der Waals surface area contributed by atoms with Crippen molar-refractivity contribution >= 4 is 11.8 Å². The van der Waals surface area contributed by atoms with Gasteiger partial charge in [-0.2, -0.15) is 0 Å². The van der Waals surface area contributed by atoms with E-state index in [1.165, 1.54) is 0 Å². The predicted molar refractivity (Wildman–Crippen MR) is 116 cm³/mol. The van der Waals surface area contributed by atoms with Crippen molar-refractivity contribution in [1.29, 1.82) is 0 Å². The van der Waals surface area contributed by atoms with Crippen molar-refractivity contribution in [3.63, 3.8) is 0 Å². The van der Waals surface area contributed by atoms with E-state index in [1.54, 1.807) is 24.3 Å². The van der Waals surface area contributed by atoms with Crippen LogP contribution in [0.1, 0.15) is 45.7 Å². The average molecular weight is 386 g/mol. The minimum Gasteiger partial charge on any atom is -0.348 e. The van der Waals surface area contributed by atoms with E-state index >= 15 is 0 Å². The van der Waals surface area contributed by atoms with Crippen molar-refractivity contribution in [3.8, 4) is 0 Å². The zero-order chi connectivity index (χ0) is 20.6. The highest BCUT2D eigenvalue weighted by molar-refractivity contribution is 5.97. The maximum atomic E-state index is 13.0. The Kier molecular flexibility index (Phi) is 6.80. The van der Waals surface area contributed by atoms with E-state index in [1.807, 2.05) is 79.4 Å². The lowest BCUT2D eigenvalue weighted by atomic mass is 10.1. The Morgan fingerprint density at radius 2 is 1.28 bits per heavy atom. The first-order valence-electron chi connectivity index (χ1n) is 9.81. The second-order valence-corrected chi connectivity index (χ2v) is 7.26. The highest BCUT2D eigenvalue weighted by Crippen LogP contribution is 2.14. The summed E-state index contributed by atoms with van der Waals surface area (Å²) in [6.45, 7) is 5.04. The molecule has 3 aromatic carbocycles. The maximum Gasteiger partial charge on any atom is 0.254 e. The zero-order valence-corrected chi connectivity index (χ0v) is 16.8. The molecule has 0 bridgehead atoms. The van der Waals surface area contributed by atoms with Crippen molar-refractivity contribution < 1.29 is 9.59 Å². The van der Waals surface area contributed by atoms with Crippen LogP contribution in [0.4, 0.5) is 0 Å². The van der Waals surface area contributed by atoms with E-state index in [0.717, 1.165) is 11.1 Å². The lowest BCUT2D eigenvalue weighted by Crippen LogP contribution is -2.36. The summed E-state index contributed by atoms with van der Waals surface area (Å²) in [6, 6.07) is 26.6. The van der Waals surface area contributed by atoms with Crippen LogP contribution < -0.4 is 5.32 Å². The Labute approximate surface area is 172 Å². The molecule has 2 amide bonds. The van der Waals surface area contributed by atoms with Gasteiger partial charge in [-0.15, -0.1) is 0 Å². The summed E-state index contributed by atoms with van der Waals surface area (Å²) < 4.78 is 0. The van der Waals surface area contributed by atoms with Gasteiger partial charge >= 0.3 is 0 Å². The molecule has 3 rings (SSSR count). The van der Waals surface area contributed by atoms with E-state index in [9.17, 15) is 9.59 Å². The zero-order valence-electron chi connectivity index (χ0n) is 16.8. The van der Waals surface area contributed by atoms with Crippen molar-refractivity contribution in [1.82, 2.24) is 10.2 Å². The van der Waals surface area contributed by atoms with Gasteiger partial charge in [-0.1, -0.05) is 60.7 Å². The Hall–Kier alpha value is -3.40. The Bertz CT molecular complexity index is 936. The molecule has 0 radical (unpaired) electrons. The van der Waals surface area contributed by atoms with Gasteiger partial charge in [0.1, 0.15) is 0 Å². The highest BCUT2D eigenvalue weighted by Gasteiger charge is 2.19. The average Bonchev–Trinajstić information content (AvgIpc) is 2.76. The molecular weight excluding hydrogens is 360 g/mol. The maximum absolute atomic E-state index is 13.0. The number of amides is 2. The van der Waals surface area contributed by atoms with Crippen LogP contribution in [0.15, 0.2) is 84.9 Å². The standard InChI is InChI=1S/C25H26N2O2/c1-19(2)27(18-21-11-7-4-8-12-21)25(29)23-15-13-22(14-16-23)24(28)26-17-20-9-5-3-6-10-20/h3-16,19H,17-18H2,1-2H3,(H,26,28). The Morgan fingerprint density at radius 3 is 1.83 bits per heavy atom. The predicted octanol–water partition coefficient (Wildman–Crippen LogP) is 4.67. The molecule has 4 nitrogen and oxygen atoms in total. The van der Waals surface area contributed by atoms with Crippen LogP contribution in [0.25, 0.3) is 0 Å². The molecule has 0 spiro atoms. The highest BCUT2D eigenvalue weighted by atomic mass is 16.2. The van der Waals surface area contributed by atoms with Crippen LogP contribution in [-0.4, -0.2) is 22.8 Å². The Morgan fingerprint density at radius 1 is 0.759 bits per heavy atom. The fourth-order valence-electron chi connectivity index (χ4n) is 3.08. The number of benzene rings is 3. The van der Waals surface area contributed by atoms with Crippen molar-refractivity contribution in [2.24, 2.45) is 0 Å². The number of hydrogen-bond donors (Lipinski definition) is 1. The molecule has 0 fully saturated rings. The van der Waals surface area contributed by atoms with Gasteiger partial charge in [-0.05, 0) is 49.2 Å². The number of rotatable bonds is 7. The summed E-state index contributed by atoms with van der Waals surface area (Å²) >= 11 is 0. The summed E-state index contributed by atoms with van der Waals surface area (Å²) in [5.41, 5.74) is 3.25. The van der Waals surface area contributed by atoms with Crippen molar-refractivity contribution in [3.05, 3.63) is 107 Å². The summed E-state index contributed by atoms with van der Waals surface area (Å²) in [5.74, 6) is -0.196. The lowest BCUT2D eigenvalue weighted by molar-refractivity contribution is 0.0690. The molecule has 0 atom stereocenters. The first-order chi connectivity index (χ1) is 14.0. The monoisotopic (exact) mass is 386 g/mol. The third kappa shape index (κ3) is 5.55. The van der Waals surface area contributed by atoms with Gasteiger partial charge < -0.3 is 10.2 Å². The van der Waals surface area contributed by atoms with Crippen LogP contribution >= 0.6 is 0 Å². The molecule has 0 unspecified atom stereocenters. The minimum absolute atomic E-state index is 0.0416. The smallest absolute Gasteiger partial charge is 0.254 e. The van der Waals surface area contributed by atoms with E-state index in [2.05, 4.69) is 5.32 Å². The second kappa shape index (κ2) is 9.69. The molecule has 0 heterocycles. The van der Waals surface area contributed by atoms with Gasteiger partial charge in [0.2, 0.25) is 0 Å². The van der Waals surface area contributed by atoms with E-state index < -0.39 is 0 Å². The summed E-state index contributed by atoms with van der Waals surface area (Å²) in [4.78, 5) is 27.2. The number of nitrogens with zero attached hydrogens (tertiary/aromatic N) is 1. The van der Waals surface area contributed by atoms with E-state index in [-0.39, 0.29) is 17.9 Å². The largest absolute Gasteiger partial charge is 0.348 e. The van der Waals surface area contributed by atoms with Crippen LogP contribution in [-0.2, 0) is 13.1 Å². The molecule has 0 aromatic heterocycles. The quantitative estimate of drug-likeness (QED) is 0.642. The number of carbonyl (C=O) groups excluding carboxylic acids is 2. The molecule has 0 aliphatic carbocycles. The molecule has 4 heteroatoms. The molecule has 0 aliphatic rings. The summed E-state index contributed by atoms with van der Waals surface area (Å²) in [6.07, 6.45) is 0. The first-order valence-corrected chi connectivity index (χ1v) is 9.81.